The number of esters is 1. The Bertz CT molecular complexity index is 679. The van der Waals surface area contributed by atoms with Gasteiger partial charge in [-0.15, -0.1) is 0 Å². The highest BCUT2D eigenvalue weighted by Gasteiger charge is 2.15. The molecule has 1 unspecified atom stereocenters. The average Bonchev–Trinajstić information content (AvgIpc) is 2.53. The first kappa shape index (κ1) is 15.7. The predicted molar refractivity (Wildman–Crippen MR) is 82.4 cm³/mol. The highest BCUT2D eigenvalue weighted by Crippen LogP contribution is 2.29. The second-order valence-corrected chi connectivity index (χ2v) is 4.86. The van der Waals surface area contributed by atoms with Gasteiger partial charge < -0.3 is 15.6 Å². The van der Waals surface area contributed by atoms with Crippen LogP contribution in [-0.2, 0) is 9.53 Å². The van der Waals surface area contributed by atoms with Crippen LogP contribution in [0.2, 0.25) is 0 Å². The second-order valence-electron chi connectivity index (χ2n) is 4.86. The lowest BCUT2D eigenvalue weighted by Crippen LogP contribution is -2.15. The van der Waals surface area contributed by atoms with Crippen LogP contribution in [0.15, 0.2) is 48.5 Å². The number of hydrogen-bond acceptors (Lipinski definition) is 4. The van der Waals surface area contributed by atoms with Crippen LogP contribution in [0.25, 0.3) is 11.1 Å². The number of carboxylic acids is 1. The largest absolute Gasteiger partial charge is 0.481 e. The van der Waals surface area contributed by atoms with Crippen molar-refractivity contribution in [2.24, 2.45) is 5.73 Å². The van der Waals surface area contributed by atoms with Crippen LogP contribution in [0.5, 0.6) is 0 Å². The van der Waals surface area contributed by atoms with Crippen LogP contribution in [-0.4, -0.2) is 24.2 Å². The van der Waals surface area contributed by atoms with Crippen molar-refractivity contribution in [2.45, 2.75) is 12.5 Å². The average molecular weight is 299 g/mol. The molecular weight excluding hydrogens is 282 g/mol. The number of carbonyl (C=O) groups is 2. The van der Waals surface area contributed by atoms with Crippen LogP contribution < -0.4 is 5.73 Å². The van der Waals surface area contributed by atoms with Gasteiger partial charge in [0.25, 0.3) is 0 Å². The first-order valence-corrected chi connectivity index (χ1v) is 6.78. The topological polar surface area (TPSA) is 89.6 Å². The number of methoxy groups -OCH3 is 1. The van der Waals surface area contributed by atoms with E-state index in [1.807, 2.05) is 24.3 Å². The smallest absolute Gasteiger partial charge is 0.337 e. The Morgan fingerprint density at radius 2 is 1.77 bits per heavy atom. The van der Waals surface area contributed by atoms with Crippen LogP contribution in [0.4, 0.5) is 0 Å². The van der Waals surface area contributed by atoms with Gasteiger partial charge in [-0.25, -0.2) is 4.79 Å². The molecule has 0 fully saturated rings. The number of ether oxygens (including phenoxy) is 1. The van der Waals surface area contributed by atoms with Crippen LogP contribution in [0.1, 0.15) is 28.4 Å². The van der Waals surface area contributed by atoms with Crippen molar-refractivity contribution >= 4 is 11.9 Å². The SMILES string of the molecule is COC(=O)c1ccc(-c2ccccc2C(N)CC(=O)O)cc1. The molecule has 2 aromatic rings. The first-order valence-electron chi connectivity index (χ1n) is 6.78. The Balaban J connectivity index is 2.36. The van der Waals surface area contributed by atoms with Crippen molar-refractivity contribution in [3.8, 4) is 11.1 Å². The van der Waals surface area contributed by atoms with E-state index in [2.05, 4.69) is 4.74 Å². The molecule has 0 saturated heterocycles. The van der Waals surface area contributed by atoms with Gasteiger partial charge in [-0.1, -0.05) is 36.4 Å². The Labute approximate surface area is 128 Å². The molecule has 5 nitrogen and oxygen atoms in total. The van der Waals surface area contributed by atoms with Gasteiger partial charge in [0.15, 0.2) is 0 Å². The molecule has 0 aromatic heterocycles. The summed E-state index contributed by atoms with van der Waals surface area (Å²) in [6, 6.07) is 13.7. The fraction of sp³-hybridized carbons (Fsp3) is 0.176. The summed E-state index contributed by atoms with van der Waals surface area (Å²) in [7, 11) is 1.33. The summed E-state index contributed by atoms with van der Waals surface area (Å²) >= 11 is 0. The molecule has 114 valence electrons. The molecule has 0 saturated carbocycles. The highest BCUT2D eigenvalue weighted by molar-refractivity contribution is 5.90. The van der Waals surface area contributed by atoms with Crippen molar-refractivity contribution < 1.29 is 19.4 Å². The minimum absolute atomic E-state index is 0.142. The molecule has 0 aliphatic heterocycles. The van der Waals surface area contributed by atoms with Gasteiger partial charge in [-0.05, 0) is 28.8 Å². The highest BCUT2D eigenvalue weighted by atomic mass is 16.5. The molecule has 0 spiro atoms. The van der Waals surface area contributed by atoms with Gasteiger partial charge >= 0.3 is 11.9 Å². The number of benzene rings is 2. The van der Waals surface area contributed by atoms with E-state index in [4.69, 9.17) is 10.8 Å². The van der Waals surface area contributed by atoms with Crippen molar-refractivity contribution in [3.63, 3.8) is 0 Å². The van der Waals surface area contributed by atoms with Gasteiger partial charge in [0.2, 0.25) is 0 Å². The maximum absolute atomic E-state index is 11.5. The minimum Gasteiger partial charge on any atom is -0.481 e. The van der Waals surface area contributed by atoms with Gasteiger partial charge in [0.1, 0.15) is 0 Å². The molecule has 0 aliphatic rings. The van der Waals surface area contributed by atoms with Gasteiger partial charge in [0, 0.05) is 6.04 Å². The summed E-state index contributed by atoms with van der Waals surface area (Å²) < 4.78 is 4.66. The Hall–Kier alpha value is -2.66. The summed E-state index contributed by atoms with van der Waals surface area (Å²) in [5, 5.41) is 8.90. The summed E-state index contributed by atoms with van der Waals surface area (Å²) in [5.74, 6) is -1.34. The Morgan fingerprint density at radius 1 is 1.14 bits per heavy atom. The lowest BCUT2D eigenvalue weighted by molar-refractivity contribution is -0.137. The van der Waals surface area contributed by atoms with Crippen LogP contribution >= 0.6 is 0 Å². The molecule has 22 heavy (non-hydrogen) atoms. The second kappa shape index (κ2) is 6.87. The number of hydrogen-bond donors (Lipinski definition) is 2. The van der Waals surface area contributed by atoms with Crippen LogP contribution in [0.3, 0.4) is 0 Å². The summed E-state index contributed by atoms with van der Waals surface area (Å²) in [6.07, 6.45) is -0.142. The Morgan fingerprint density at radius 3 is 2.36 bits per heavy atom. The predicted octanol–water partition coefficient (Wildman–Crippen LogP) is 2.61. The van der Waals surface area contributed by atoms with Gasteiger partial charge in [-0.2, -0.15) is 0 Å². The van der Waals surface area contributed by atoms with E-state index in [-0.39, 0.29) is 6.42 Å². The lowest BCUT2D eigenvalue weighted by atomic mass is 9.93. The third-order valence-electron chi connectivity index (χ3n) is 3.37. The van der Waals surface area contributed by atoms with Crippen molar-refractivity contribution in [1.82, 2.24) is 0 Å². The maximum Gasteiger partial charge on any atom is 0.337 e. The fourth-order valence-corrected chi connectivity index (χ4v) is 2.29. The molecule has 5 heteroatoms. The third-order valence-corrected chi connectivity index (χ3v) is 3.37. The quantitative estimate of drug-likeness (QED) is 0.828. The maximum atomic E-state index is 11.5. The molecule has 0 heterocycles. The summed E-state index contributed by atoms with van der Waals surface area (Å²) in [5.41, 5.74) is 8.91. The van der Waals surface area contributed by atoms with E-state index in [1.54, 1.807) is 24.3 Å². The molecule has 2 aromatic carbocycles. The molecular formula is C17H17NO4. The minimum atomic E-state index is -0.941. The first-order chi connectivity index (χ1) is 10.5. The molecule has 2 rings (SSSR count). The molecule has 0 amide bonds. The molecule has 0 bridgehead atoms. The van der Waals surface area contributed by atoms with E-state index in [1.165, 1.54) is 7.11 Å². The lowest BCUT2D eigenvalue weighted by Gasteiger charge is -2.15. The number of carbonyl (C=O) groups excluding carboxylic acids is 1. The van der Waals surface area contributed by atoms with Crippen LogP contribution in [0, 0.1) is 0 Å². The Kier molecular flexibility index (Phi) is 4.91. The van der Waals surface area contributed by atoms with E-state index in [9.17, 15) is 9.59 Å². The summed E-state index contributed by atoms with van der Waals surface area (Å²) in [4.78, 5) is 22.3. The van der Waals surface area contributed by atoms with Crippen molar-refractivity contribution in [1.29, 1.82) is 0 Å². The van der Waals surface area contributed by atoms with Gasteiger partial charge in [-0.3, -0.25) is 4.79 Å². The zero-order valence-corrected chi connectivity index (χ0v) is 12.2. The van der Waals surface area contributed by atoms with Crippen molar-refractivity contribution in [2.75, 3.05) is 7.11 Å². The molecule has 3 N–H and O–H groups in total. The van der Waals surface area contributed by atoms with E-state index in [0.717, 1.165) is 16.7 Å². The van der Waals surface area contributed by atoms with Gasteiger partial charge in [0.05, 0.1) is 19.1 Å². The summed E-state index contributed by atoms with van der Waals surface area (Å²) in [6.45, 7) is 0. The fourth-order valence-electron chi connectivity index (χ4n) is 2.29. The van der Waals surface area contributed by atoms with Crippen molar-refractivity contribution in [3.05, 3.63) is 59.7 Å². The molecule has 1 atom stereocenters. The number of rotatable bonds is 5. The molecule has 0 aliphatic carbocycles. The zero-order chi connectivity index (χ0) is 16.1. The standard InChI is InChI=1S/C17H17NO4/c1-22-17(21)12-8-6-11(7-9-12)13-4-2-3-5-14(13)15(18)10-16(19)20/h2-9,15H,10,18H2,1H3,(H,19,20). The number of nitrogens with two attached hydrogens (primary N) is 1. The normalized spacial score (nSPS) is 11.7. The number of carboxylic acid groups (broad SMARTS) is 1. The van der Waals surface area contributed by atoms with E-state index >= 15 is 0 Å². The molecule has 0 radical (unpaired) electrons. The van der Waals surface area contributed by atoms with E-state index in [0.29, 0.717) is 5.56 Å². The monoisotopic (exact) mass is 299 g/mol. The zero-order valence-electron chi connectivity index (χ0n) is 12.2. The third kappa shape index (κ3) is 3.51. The number of aliphatic carboxylic acids is 1. The van der Waals surface area contributed by atoms with E-state index < -0.39 is 18.0 Å².